The largest absolute Gasteiger partial charge is 0.460 e. The lowest BCUT2D eigenvalue weighted by Gasteiger charge is -2.24. The van der Waals surface area contributed by atoms with Crippen LogP contribution in [0.3, 0.4) is 0 Å². The lowest BCUT2D eigenvalue weighted by molar-refractivity contribution is 0.0492. The molecular weight excluding hydrogens is 290 g/mol. The Bertz CT molecular complexity index is 625. The van der Waals surface area contributed by atoms with E-state index in [1.807, 2.05) is 12.1 Å². The second-order valence-electron chi connectivity index (χ2n) is 5.75. The highest BCUT2D eigenvalue weighted by atomic mass is 16.5. The number of carbonyl (C=O) groups excluding carboxylic acids is 1. The topological polar surface area (TPSA) is 42.7 Å². The fraction of sp³-hybridized carbons (Fsp3) is 0.526. The van der Waals surface area contributed by atoms with Gasteiger partial charge in [-0.25, -0.2) is 4.79 Å². The molecule has 0 N–H and O–H groups in total. The number of carbonyl (C=O) groups is 1. The van der Waals surface area contributed by atoms with Crippen LogP contribution in [0.5, 0.6) is 0 Å². The lowest BCUT2D eigenvalue weighted by Crippen LogP contribution is -2.25. The lowest BCUT2D eigenvalue weighted by atomic mass is 10.2. The number of anilines is 1. The Morgan fingerprint density at radius 1 is 1.09 bits per heavy atom. The van der Waals surface area contributed by atoms with Gasteiger partial charge in [0, 0.05) is 30.2 Å². The summed E-state index contributed by atoms with van der Waals surface area (Å²) in [5, 5.41) is 0.933. The monoisotopic (exact) mass is 317 g/mol. The predicted octanol–water partition coefficient (Wildman–Crippen LogP) is 5.02. The van der Waals surface area contributed by atoms with Gasteiger partial charge < -0.3 is 14.1 Å². The first-order valence-corrected chi connectivity index (χ1v) is 8.65. The van der Waals surface area contributed by atoms with Gasteiger partial charge >= 0.3 is 5.97 Å². The number of fused-ring (bicyclic) bond motifs is 1. The molecule has 4 heteroatoms. The van der Waals surface area contributed by atoms with Crippen molar-refractivity contribution in [2.75, 3.05) is 24.6 Å². The minimum absolute atomic E-state index is 0.271. The fourth-order valence-corrected chi connectivity index (χ4v) is 2.59. The van der Waals surface area contributed by atoms with Gasteiger partial charge in [-0.3, -0.25) is 0 Å². The van der Waals surface area contributed by atoms with E-state index in [9.17, 15) is 4.79 Å². The molecule has 2 rings (SSSR count). The third kappa shape index (κ3) is 4.50. The zero-order valence-electron chi connectivity index (χ0n) is 14.4. The van der Waals surface area contributed by atoms with Crippen molar-refractivity contribution in [2.45, 2.75) is 46.5 Å². The highest BCUT2D eigenvalue weighted by Gasteiger charge is 2.14. The first-order valence-electron chi connectivity index (χ1n) is 8.65. The van der Waals surface area contributed by atoms with Crippen LogP contribution in [0, 0.1) is 0 Å². The highest BCUT2D eigenvalue weighted by Crippen LogP contribution is 2.26. The number of esters is 1. The van der Waals surface area contributed by atoms with Crippen molar-refractivity contribution in [2.24, 2.45) is 0 Å². The summed E-state index contributed by atoms with van der Waals surface area (Å²) < 4.78 is 10.7. The van der Waals surface area contributed by atoms with E-state index in [2.05, 4.69) is 24.8 Å². The molecule has 0 amide bonds. The summed E-state index contributed by atoms with van der Waals surface area (Å²) >= 11 is 0. The molecule has 0 unspecified atom stereocenters. The number of unbranched alkanes of at least 4 members (excludes halogenated alkanes) is 2. The average Bonchev–Trinajstić information content (AvgIpc) is 2.98. The summed E-state index contributed by atoms with van der Waals surface area (Å²) in [6, 6.07) is 7.91. The van der Waals surface area contributed by atoms with Crippen molar-refractivity contribution in [3.63, 3.8) is 0 Å². The molecule has 0 aliphatic rings. The van der Waals surface area contributed by atoms with Crippen LogP contribution in [-0.4, -0.2) is 25.7 Å². The number of hydrogen-bond acceptors (Lipinski definition) is 4. The minimum atomic E-state index is -0.404. The van der Waals surface area contributed by atoms with Crippen molar-refractivity contribution >= 4 is 22.6 Å². The molecule has 0 fully saturated rings. The molecule has 4 nitrogen and oxygen atoms in total. The number of rotatable bonds is 9. The SMILES string of the molecule is CCCCN(CCCC)c1ccc2cc(C(=O)OCC)oc2c1. The van der Waals surface area contributed by atoms with E-state index in [0.717, 1.165) is 29.7 Å². The molecule has 0 saturated heterocycles. The van der Waals surface area contributed by atoms with E-state index in [0.29, 0.717) is 6.61 Å². The first kappa shape index (κ1) is 17.4. The van der Waals surface area contributed by atoms with Crippen LogP contribution in [0.25, 0.3) is 11.0 Å². The van der Waals surface area contributed by atoms with Crippen LogP contribution in [0.15, 0.2) is 28.7 Å². The van der Waals surface area contributed by atoms with Gasteiger partial charge in [0.15, 0.2) is 0 Å². The standard InChI is InChI=1S/C19H27NO3/c1-4-7-11-20(12-8-5-2)16-10-9-15-13-18(19(21)22-6-3)23-17(15)14-16/h9-10,13-14H,4-8,11-12H2,1-3H3. The molecule has 0 saturated carbocycles. The van der Waals surface area contributed by atoms with E-state index in [1.54, 1.807) is 13.0 Å². The summed E-state index contributed by atoms with van der Waals surface area (Å²) in [4.78, 5) is 14.2. The van der Waals surface area contributed by atoms with Gasteiger partial charge in [0.1, 0.15) is 5.58 Å². The predicted molar refractivity (Wildman–Crippen MR) is 94.2 cm³/mol. The minimum Gasteiger partial charge on any atom is -0.460 e. The number of benzene rings is 1. The molecule has 0 spiro atoms. The second-order valence-corrected chi connectivity index (χ2v) is 5.75. The Kier molecular flexibility index (Phi) is 6.51. The third-order valence-corrected chi connectivity index (χ3v) is 3.91. The molecule has 1 aromatic heterocycles. The molecule has 1 aromatic carbocycles. The first-order chi connectivity index (χ1) is 11.2. The summed E-state index contributed by atoms with van der Waals surface area (Å²) in [5.74, 6) is -0.133. The van der Waals surface area contributed by atoms with Crippen molar-refractivity contribution in [3.8, 4) is 0 Å². The summed E-state index contributed by atoms with van der Waals surface area (Å²) in [6.45, 7) is 8.65. The van der Waals surface area contributed by atoms with Gasteiger partial charge in [-0.2, -0.15) is 0 Å². The quantitative estimate of drug-likeness (QED) is 0.609. The molecule has 23 heavy (non-hydrogen) atoms. The molecular formula is C19H27NO3. The van der Waals surface area contributed by atoms with Crippen molar-refractivity contribution < 1.29 is 13.9 Å². The molecule has 0 radical (unpaired) electrons. The second kappa shape index (κ2) is 8.61. The van der Waals surface area contributed by atoms with Gasteiger partial charge in [0.2, 0.25) is 5.76 Å². The number of furan rings is 1. The molecule has 126 valence electrons. The molecule has 2 aromatic rings. The number of ether oxygens (including phenoxy) is 1. The Morgan fingerprint density at radius 3 is 2.39 bits per heavy atom. The van der Waals surface area contributed by atoms with E-state index >= 15 is 0 Å². The van der Waals surface area contributed by atoms with Gasteiger partial charge in [0.05, 0.1) is 6.61 Å². The summed E-state index contributed by atoms with van der Waals surface area (Å²) in [6.07, 6.45) is 4.71. The summed E-state index contributed by atoms with van der Waals surface area (Å²) in [7, 11) is 0. The number of nitrogens with zero attached hydrogens (tertiary/aromatic N) is 1. The zero-order chi connectivity index (χ0) is 16.7. The molecule has 0 aliphatic heterocycles. The van der Waals surface area contributed by atoms with E-state index in [-0.39, 0.29) is 5.76 Å². The fourth-order valence-electron chi connectivity index (χ4n) is 2.59. The van der Waals surface area contributed by atoms with E-state index < -0.39 is 5.97 Å². The van der Waals surface area contributed by atoms with Crippen LogP contribution < -0.4 is 4.90 Å². The maximum atomic E-state index is 11.8. The van der Waals surface area contributed by atoms with Gasteiger partial charge in [-0.15, -0.1) is 0 Å². The Hall–Kier alpha value is -1.97. The average molecular weight is 317 g/mol. The zero-order valence-corrected chi connectivity index (χ0v) is 14.4. The highest BCUT2D eigenvalue weighted by molar-refractivity contribution is 5.93. The van der Waals surface area contributed by atoms with Crippen LogP contribution >= 0.6 is 0 Å². The van der Waals surface area contributed by atoms with Gasteiger partial charge in [-0.05, 0) is 38.0 Å². The van der Waals surface area contributed by atoms with Crippen molar-refractivity contribution in [3.05, 3.63) is 30.0 Å². The summed E-state index contributed by atoms with van der Waals surface area (Å²) in [5.41, 5.74) is 1.90. The van der Waals surface area contributed by atoms with Crippen molar-refractivity contribution in [1.29, 1.82) is 0 Å². The van der Waals surface area contributed by atoms with E-state index in [4.69, 9.17) is 9.15 Å². The Morgan fingerprint density at radius 2 is 1.78 bits per heavy atom. The van der Waals surface area contributed by atoms with Crippen LogP contribution in [0.1, 0.15) is 57.0 Å². The molecule has 0 aliphatic carbocycles. The number of hydrogen-bond donors (Lipinski definition) is 0. The molecule has 0 bridgehead atoms. The normalized spacial score (nSPS) is 10.9. The van der Waals surface area contributed by atoms with Gasteiger partial charge in [-0.1, -0.05) is 26.7 Å². The Balaban J connectivity index is 2.23. The van der Waals surface area contributed by atoms with Gasteiger partial charge in [0.25, 0.3) is 0 Å². The maximum Gasteiger partial charge on any atom is 0.374 e. The molecule has 1 heterocycles. The van der Waals surface area contributed by atoms with Crippen molar-refractivity contribution in [1.82, 2.24) is 0 Å². The van der Waals surface area contributed by atoms with Crippen LogP contribution in [0.2, 0.25) is 0 Å². The Labute approximate surface area is 138 Å². The maximum absolute atomic E-state index is 11.8. The van der Waals surface area contributed by atoms with Crippen LogP contribution in [-0.2, 0) is 4.74 Å². The third-order valence-electron chi connectivity index (χ3n) is 3.91. The van der Waals surface area contributed by atoms with Crippen LogP contribution in [0.4, 0.5) is 5.69 Å². The smallest absolute Gasteiger partial charge is 0.374 e. The van der Waals surface area contributed by atoms with E-state index in [1.165, 1.54) is 25.7 Å². The molecule has 0 atom stereocenters.